The van der Waals surface area contributed by atoms with Gasteiger partial charge < -0.3 is 10.1 Å². The monoisotopic (exact) mass is 345 g/mol. The summed E-state index contributed by atoms with van der Waals surface area (Å²) in [5.41, 5.74) is 4.08. The van der Waals surface area contributed by atoms with Gasteiger partial charge in [0.1, 0.15) is 5.75 Å². The summed E-state index contributed by atoms with van der Waals surface area (Å²) in [7, 11) is 0. The zero-order chi connectivity index (χ0) is 15.0. The average Bonchev–Trinajstić information content (AvgIpc) is 2.88. The lowest BCUT2D eigenvalue weighted by Gasteiger charge is -2.13. The molecule has 2 aromatic carbocycles. The Kier molecular flexibility index (Phi) is 3.72. The molecular formula is C17H16BrNO2. The molecule has 1 atom stereocenters. The molecule has 108 valence electrons. The van der Waals surface area contributed by atoms with Crippen LogP contribution in [0.1, 0.15) is 16.7 Å². The Balaban J connectivity index is 1.74. The van der Waals surface area contributed by atoms with Crippen molar-refractivity contribution in [2.24, 2.45) is 0 Å². The summed E-state index contributed by atoms with van der Waals surface area (Å²) in [6, 6.07) is 11.7. The van der Waals surface area contributed by atoms with Crippen LogP contribution in [-0.4, -0.2) is 12.0 Å². The third kappa shape index (κ3) is 2.81. The first-order chi connectivity index (χ1) is 10.0. The maximum Gasteiger partial charge on any atom is 0.265 e. The largest absolute Gasteiger partial charge is 0.480 e. The molecule has 1 N–H and O–H groups in total. The van der Waals surface area contributed by atoms with Crippen molar-refractivity contribution in [2.45, 2.75) is 26.4 Å². The maximum absolute atomic E-state index is 12.3. The molecule has 1 amide bonds. The van der Waals surface area contributed by atoms with E-state index >= 15 is 0 Å². The standard InChI is InChI=1S/C17H16BrNO2/c1-10-7-13(8-11(2)16(10)18)19-17(20)15-9-12-5-3-4-6-14(12)21-15/h3-8,15H,9H2,1-2H3,(H,19,20). The van der Waals surface area contributed by atoms with Gasteiger partial charge in [-0.2, -0.15) is 0 Å². The molecule has 1 heterocycles. The van der Waals surface area contributed by atoms with Gasteiger partial charge in [-0.05, 0) is 48.7 Å². The Hall–Kier alpha value is -1.81. The number of anilines is 1. The van der Waals surface area contributed by atoms with Crippen LogP contribution in [0.5, 0.6) is 5.75 Å². The molecule has 21 heavy (non-hydrogen) atoms. The van der Waals surface area contributed by atoms with Crippen molar-refractivity contribution in [1.82, 2.24) is 0 Å². The Morgan fingerprint density at radius 1 is 1.24 bits per heavy atom. The van der Waals surface area contributed by atoms with Crippen molar-refractivity contribution in [3.05, 3.63) is 57.6 Å². The molecule has 0 bridgehead atoms. The van der Waals surface area contributed by atoms with Gasteiger partial charge in [-0.3, -0.25) is 4.79 Å². The second-order valence-corrected chi connectivity index (χ2v) is 6.12. The SMILES string of the molecule is Cc1cc(NC(=O)C2Cc3ccccc3O2)cc(C)c1Br. The van der Waals surface area contributed by atoms with E-state index in [9.17, 15) is 4.79 Å². The molecule has 0 saturated heterocycles. The molecule has 0 aliphatic carbocycles. The molecule has 3 rings (SSSR count). The quantitative estimate of drug-likeness (QED) is 0.892. The van der Waals surface area contributed by atoms with Crippen molar-refractivity contribution < 1.29 is 9.53 Å². The van der Waals surface area contributed by atoms with Gasteiger partial charge in [0.25, 0.3) is 5.91 Å². The number of hydrogen-bond acceptors (Lipinski definition) is 2. The zero-order valence-electron chi connectivity index (χ0n) is 11.9. The molecule has 3 nitrogen and oxygen atoms in total. The van der Waals surface area contributed by atoms with Gasteiger partial charge in [-0.25, -0.2) is 0 Å². The highest BCUT2D eigenvalue weighted by molar-refractivity contribution is 9.10. The first-order valence-electron chi connectivity index (χ1n) is 6.87. The number of amides is 1. The van der Waals surface area contributed by atoms with Crippen molar-refractivity contribution in [1.29, 1.82) is 0 Å². The molecule has 2 aromatic rings. The van der Waals surface area contributed by atoms with Crippen LogP contribution in [0.15, 0.2) is 40.9 Å². The molecule has 4 heteroatoms. The second kappa shape index (κ2) is 5.53. The molecule has 0 fully saturated rings. The summed E-state index contributed by atoms with van der Waals surface area (Å²) in [4.78, 5) is 12.3. The number of carbonyl (C=O) groups is 1. The lowest BCUT2D eigenvalue weighted by molar-refractivity contribution is -0.122. The first-order valence-corrected chi connectivity index (χ1v) is 7.66. The summed E-state index contributed by atoms with van der Waals surface area (Å²) < 4.78 is 6.78. The summed E-state index contributed by atoms with van der Waals surface area (Å²) in [6.45, 7) is 4.02. The van der Waals surface area contributed by atoms with E-state index in [1.807, 2.05) is 50.2 Å². The van der Waals surface area contributed by atoms with E-state index in [-0.39, 0.29) is 5.91 Å². The Bertz CT molecular complexity index is 664. The van der Waals surface area contributed by atoms with Crippen LogP contribution < -0.4 is 10.1 Å². The van der Waals surface area contributed by atoms with Crippen molar-refractivity contribution in [3.63, 3.8) is 0 Å². The maximum atomic E-state index is 12.3. The number of aryl methyl sites for hydroxylation is 2. The van der Waals surface area contributed by atoms with Gasteiger partial charge in [0.2, 0.25) is 0 Å². The van der Waals surface area contributed by atoms with Crippen LogP contribution in [0.25, 0.3) is 0 Å². The summed E-state index contributed by atoms with van der Waals surface area (Å²) in [5.74, 6) is 0.702. The molecule has 1 unspecified atom stereocenters. The van der Waals surface area contributed by atoms with E-state index in [4.69, 9.17) is 4.74 Å². The molecule has 0 radical (unpaired) electrons. The smallest absolute Gasteiger partial charge is 0.265 e. The van der Waals surface area contributed by atoms with Gasteiger partial charge in [0.15, 0.2) is 6.10 Å². The minimum atomic E-state index is -0.452. The third-order valence-electron chi connectivity index (χ3n) is 3.64. The van der Waals surface area contributed by atoms with Crippen molar-refractivity contribution in [2.75, 3.05) is 5.32 Å². The molecule has 1 aliphatic heterocycles. The fraction of sp³-hybridized carbons (Fsp3) is 0.235. The van der Waals surface area contributed by atoms with Crippen LogP contribution in [0.4, 0.5) is 5.69 Å². The van der Waals surface area contributed by atoms with Crippen LogP contribution in [0.2, 0.25) is 0 Å². The number of ether oxygens (including phenoxy) is 1. The van der Waals surface area contributed by atoms with Gasteiger partial charge in [-0.1, -0.05) is 34.1 Å². The minimum absolute atomic E-state index is 0.104. The fourth-order valence-corrected chi connectivity index (χ4v) is 2.80. The number of rotatable bonds is 2. The first kappa shape index (κ1) is 14.1. The molecule has 0 aromatic heterocycles. The number of para-hydroxylation sites is 1. The summed E-state index contributed by atoms with van der Waals surface area (Å²) in [5, 5.41) is 2.94. The van der Waals surface area contributed by atoms with E-state index in [0.717, 1.165) is 32.6 Å². The molecule has 1 aliphatic rings. The number of hydrogen-bond donors (Lipinski definition) is 1. The molecule has 0 spiro atoms. The lowest BCUT2D eigenvalue weighted by atomic mass is 10.1. The van der Waals surface area contributed by atoms with Crippen LogP contribution >= 0.6 is 15.9 Å². The highest BCUT2D eigenvalue weighted by atomic mass is 79.9. The Labute approximate surface area is 132 Å². The topological polar surface area (TPSA) is 38.3 Å². The third-order valence-corrected chi connectivity index (χ3v) is 4.89. The number of benzene rings is 2. The highest BCUT2D eigenvalue weighted by Gasteiger charge is 2.28. The van der Waals surface area contributed by atoms with E-state index in [0.29, 0.717) is 6.42 Å². The number of fused-ring (bicyclic) bond motifs is 1. The minimum Gasteiger partial charge on any atom is -0.480 e. The van der Waals surface area contributed by atoms with Gasteiger partial charge in [0, 0.05) is 16.6 Å². The molecule has 0 saturated carbocycles. The molecular weight excluding hydrogens is 330 g/mol. The highest BCUT2D eigenvalue weighted by Crippen LogP contribution is 2.29. The Morgan fingerprint density at radius 2 is 1.90 bits per heavy atom. The Morgan fingerprint density at radius 3 is 2.57 bits per heavy atom. The van der Waals surface area contributed by atoms with Crippen molar-refractivity contribution in [3.8, 4) is 5.75 Å². The number of carbonyl (C=O) groups excluding carboxylic acids is 1. The second-order valence-electron chi connectivity index (χ2n) is 5.33. The normalized spacial score (nSPS) is 16.2. The van der Waals surface area contributed by atoms with Gasteiger partial charge in [0.05, 0.1) is 0 Å². The van der Waals surface area contributed by atoms with Crippen LogP contribution in [0, 0.1) is 13.8 Å². The van der Waals surface area contributed by atoms with Crippen LogP contribution in [0.3, 0.4) is 0 Å². The fourth-order valence-electron chi connectivity index (χ4n) is 2.57. The number of nitrogens with one attached hydrogen (secondary N) is 1. The van der Waals surface area contributed by atoms with E-state index in [2.05, 4.69) is 21.2 Å². The average molecular weight is 346 g/mol. The van der Waals surface area contributed by atoms with Gasteiger partial charge >= 0.3 is 0 Å². The van der Waals surface area contributed by atoms with E-state index in [1.165, 1.54) is 0 Å². The summed E-state index contributed by atoms with van der Waals surface area (Å²) >= 11 is 3.53. The van der Waals surface area contributed by atoms with E-state index in [1.54, 1.807) is 0 Å². The number of halogens is 1. The zero-order valence-corrected chi connectivity index (χ0v) is 13.5. The summed E-state index contributed by atoms with van der Waals surface area (Å²) in [6.07, 6.45) is 0.169. The van der Waals surface area contributed by atoms with E-state index < -0.39 is 6.10 Å². The van der Waals surface area contributed by atoms with Gasteiger partial charge in [-0.15, -0.1) is 0 Å². The predicted octanol–water partition coefficient (Wildman–Crippen LogP) is 4.01. The lowest BCUT2D eigenvalue weighted by Crippen LogP contribution is -2.31. The predicted molar refractivity (Wildman–Crippen MR) is 86.8 cm³/mol. The van der Waals surface area contributed by atoms with Crippen molar-refractivity contribution >= 4 is 27.5 Å². The van der Waals surface area contributed by atoms with Crippen LogP contribution in [-0.2, 0) is 11.2 Å².